The van der Waals surface area contributed by atoms with Crippen molar-refractivity contribution in [3.05, 3.63) is 29.6 Å². The predicted octanol–water partition coefficient (Wildman–Crippen LogP) is 2.86. The first-order valence-corrected chi connectivity index (χ1v) is 7.66. The quantitative estimate of drug-likeness (QED) is 0.852. The first-order valence-electron chi connectivity index (χ1n) is 7.66. The number of carbonyl (C=O) groups is 1. The monoisotopic (exact) mass is 287 g/mol. The van der Waals surface area contributed by atoms with Gasteiger partial charge in [0.2, 0.25) is 0 Å². The fourth-order valence-electron chi connectivity index (χ4n) is 2.47. The molecule has 1 N–H and O–H groups in total. The number of hydrogen-bond donors (Lipinski definition) is 1. The standard InChI is InChI=1S/C17H25N3O/c1-12(2)18-9-7-17-19-15-11-13(3)5-6-16(15)20(17)10-8-14(4)21/h5-6,11-12,18H,7-10H2,1-4H3. The summed E-state index contributed by atoms with van der Waals surface area (Å²) in [6.07, 6.45) is 1.44. The first kappa shape index (κ1) is 15.7. The molecule has 0 unspecified atom stereocenters. The smallest absolute Gasteiger partial charge is 0.131 e. The normalized spacial score (nSPS) is 11.5. The van der Waals surface area contributed by atoms with Gasteiger partial charge in [-0.15, -0.1) is 0 Å². The minimum absolute atomic E-state index is 0.218. The average Bonchev–Trinajstić information content (AvgIpc) is 2.72. The van der Waals surface area contributed by atoms with E-state index in [9.17, 15) is 4.79 Å². The molecule has 0 aliphatic heterocycles. The summed E-state index contributed by atoms with van der Waals surface area (Å²) in [5.74, 6) is 1.28. The third-order valence-electron chi connectivity index (χ3n) is 3.57. The summed E-state index contributed by atoms with van der Waals surface area (Å²) >= 11 is 0. The van der Waals surface area contributed by atoms with E-state index in [1.807, 2.05) is 0 Å². The van der Waals surface area contributed by atoms with Crippen LogP contribution in [-0.4, -0.2) is 27.9 Å². The molecule has 0 aliphatic carbocycles. The fraction of sp³-hybridized carbons (Fsp3) is 0.529. The molecule has 0 fully saturated rings. The predicted molar refractivity (Wildman–Crippen MR) is 86.6 cm³/mol. The minimum Gasteiger partial charge on any atom is -0.328 e. The molecule has 21 heavy (non-hydrogen) atoms. The largest absolute Gasteiger partial charge is 0.328 e. The Labute approximate surface area is 126 Å². The van der Waals surface area contributed by atoms with Crippen LogP contribution >= 0.6 is 0 Å². The Balaban J connectivity index is 2.27. The van der Waals surface area contributed by atoms with Crippen molar-refractivity contribution in [2.45, 2.75) is 53.1 Å². The SMILES string of the molecule is CC(=O)CCn1c(CCNC(C)C)nc2cc(C)ccc21. The Morgan fingerprint density at radius 2 is 2.14 bits per heavy atom. The molecule has 0 amide bonds. The topological polar surface area (TPSA) is 46.9 Å². The van der Waals surface area contributed by atoms with Crippen LogP contribution in [0.1, 0.15) is 38.6 Å². The Bertz CT molecular complexity index is 628. The van der Waals surface area contributed by atoms with Crippen molar-refractivity contribution in [2.75, 3.05) is 6.54 Å². The van der Waals surface area contributed by atoms with Gasteiger partial charge in [-0.3, -0.25) is 4.79 Å². The molecule has 4 nitrogen and oxygen atoms in total. The molecule has 114 valence electrons. The lowest BCUT2D eigenvalue weighted by Crippen LogP contribution is -2.26. The number of nitrogens with one attached hydrogen (secondary N) is 1. The van der Waals surface area contributed by atoms with Gasteiger partial charge in [0.25, 0.3) is 0 Å². The zero-order valence-corrected chi connectivity index (χ0v) is 13.4. The van der Waals surface area contributed by atoms with Gasteiger partial charge >= 0.3 is 0 Å². The molecule has 0 aliphatic rings. The first-order chi connectivity index (χ1) is 9.97. The molecule has 2 rings (SSSR count). The van der Waals surface area contributed by atoms with Crippen molar-refractivity contribution >= 4 is 16.8 Å². The van der Waals surface area contributed by atoms with Crippen LogP contribution in [0.25, 0.3) is 11.0 Å². The van der Waals surface area contributed by atoms with Gasteiger partial charge in [0.1, 0.15) is 11.6 Å². The second kappa shape index (κ2) is 6.85. The zero-order chi connectivity index (χ0) is 15.4. The molecule has 1 aromatic heterocycles. The van der Waals surface area contributed by atoms with Crippen LogP contribution in [-0.2, 0) is 17.8 Å². The van der Waals surface area contributed by atoms with Crippen molar-refractivity contribution in [3.8, 4) is 0 Å². The maximum Gasteiger partial charge on any atom is 0.131 e. The summed E-state index contributed by atoms with van der Waals surface area (Å²) in [4.78, 5) is 16.1. The van der Waals surface area contributed by atoms with Crippen LogP contribution in [0.4, 0.5) is 0 Å². The number of fused-ring (bicyclic) bond motifs is 1. The Morgan fingerprint density at radius 3 is 2.81 bits per heavy atom. The summed E-state index contributed by atoms with van der Waals surface area (Å²) in [6, 6.07) is 6.79. The van der Waals surface area contributed by atoms with Crippen molar-refractivity contribution < 1.29 is 4.79 Å². The number of ketones is 1. The Kier molecular flexibility index (Phi) is 5.12. The molecular formula is C17H25N3O. The molecule has 0 bridgehead atoms. The van der Waals surface area contributed by atoms with E-state index in [2.05, 4.69) is 48.9 Å². The third kappa shape index (κ3) is 4.14. The number of aromatic nitrogens is 2. The molecule has 1 aromatic carbocycles. The van der Waals surface area contributed by atoms with E-state index >= 15 is 0 Å². The number of Topliss-reactive ketones (excluding diaryl/α,β-unsaturated/α-hetero) is 1. The maximum absolute atomic E-state index is 11.3. The molecule has 1 heterocycles. The van der Waals surface area contributed by atoms with Crippen LogP contribution in [0.2, 0.25) is 0 Å². The van der Waals surface area contributed by atoms with Gasteiger partial charge in [-0.05, 0) is 31.5 Å². The number of benzene rings is 1. The second-order valence-corrected chi connectivity index (χ2v) is 5.98. The van der Waals surface area contributed by atoms with Gasteiger partial charge in [-0.2, -0.15) is 0 Å². The van der Waals surface area contributed by atoms with E-state index in [0.717, 1.165) is 29.8 Å². The number of carbonyl (C=O) groups excluding carboxylic acids is 1. The Hall–Kier alpha value is -1.68. The minimum atomic E-state index is 0.218. The highest BCUT2D eigenvalue weighted by Crippen LogP contribution is 2.18. The number of imidazole rings is 1. The van der Waals surface area contributed by atoms with Gasteiger partial charge in [0.15, 0.2) is 0 Å². The maximum atomic E-state index is 11.3. The lowest BCUT2D eigenvalue weighted by atomic mass is 10.2. The van der Waals surface area contributed by atoms with Gasteiger partial charge in [-0.25, -0.2) is 4.98 Å². The Morgan fingerprint density at radius 1 is 1.38 bits per heavy atom. The van der Waals surface area contributed by atoms with E-state index in [0.29, 0.717) is 19.0 Å². The summed E-state index contributed by atoms with van der Waals surface area (Å²) in [5.41, 5.74) is 3.37. The molecule has 4 heteroatoms. The summed E-state index contributed by atoms with van der Waals surface area (Å²) in [6.45, 7) is 9.62. The highest BCUT2D eigenvalue weighted by atomic mass is 16.1. The molecule has 0 saturated carbocycles. The van der Waals surface area contributed by atoms with E-state index in [1.54, 1.807) is 6.92 Å². The van der Waals surface area contributed by atoms with E-state index in [4.69, 9.17) is 4.98 Å². The number of nitrogens with zero attached hydrogens (tertiary/aromatic N) is 2. The lowest BCUT2D eigenvalue weighted by Gasteiger charge is -2.10. The summed E-state index contributed by atoms with van der Waals surface area (Å²) in [5, 5.41) is 3.42. The highest BCUT2D eigenvalue weighted by Gasteiger charge is 2.11. The van der Waals surface area contributed by atoms with Gasteiger partial charge in [0, 0.05) is 32.0 Å². The number of aryl methyl sites for hydroxylation is 2. The van der Waals surface area contributed by atoms with Crippen LogP contribution in [0.3, 0.4) is 0 Å². The highest BCUT2D eigenvalue weighted by molar-refractivity contribution is 5.78. The van der Waals surface area contributed by atoms with E-state index < -0.39 is 0 Å². The van der Waals surface area contributed by atoms with Crippen LogP contribution < -0.4 is 5.32 Å². The molecule has 0 spiro atoms. The van der Waals surface area contributed by atoms with E-state index in [1.165, 1.54) is 5.56 Å². The fourth-order valence-corrected chi connectivity index (χ4v) is 2.47. The molecular weight excluding hydrogens is 262 g/mol. The second-order valence-electron chi connectivity index (χ2n) is 5.98. The van der Waals surface area contributed by atoms with Crippen LogP contribution in [0, 0.1) is 6.92 Å². The van der Waals surface area contributed by atoms with Gasteiger partial charge < -0.3 is 9.88 Å². The van der Waals surface area contributed by atoms with Crippen molar-refractivity contribution in [2.24, 2.45) is 0 Å². The lowest BCUT2D eigenvalue weighted by molar-refractivity contribution is -0.117. The van der Waals surface area contributed by atoms with Crippen molar-refractivity contribution in [3.63, 3.8) is 0 Å². The van der Waals surface area contributed by atoms with Crippen LogP contribution in [0.5, 0.6) is 0 Å². The van der Waals surface area contributed by atoms with Gasteiger partial charge in [0.05, 0.1) is 11.0 Å². The van der Waals surface area contributed by atoms with Crippen molar-refractivity contribution in [1.82, 2.24) is 14.9 Å². The number of hydrogen-bond acceptors (Lipinski definition) is 3. The van der Waals surface area contributed by atoms with Crippen LogP contribution in [0.15, 0.2) is 18.2 Å². The summed E-state index contributed by atoms with van der Waals surface area (Å²) < 4.78 is 2.19. The molecule has 0 saturated heterocycles. The third-order valence-corrected chi connectivity index (χ3v) is 3.57. The molecule has 0 atom stereocenters. The average molecular weight is 287 g/mol. The van der Waals surface area contributed by atoms with Gasteiger partial charge in [-0.1, -0.05) is 19.9 Å². The number of rotatable bonds is 7. The molecule has 2 aromatic rings. The summed E-state index contributed by atoms with van der Waals surface area (Å²) in [7, 11) is 0. The van der Waals surface area contributed by atoms with E-state index in [-0.39, 0.29) is 5.78 Å². The zero-order valence-electron chi connectivity index (χ0n) is 13.4. The molecule has 0 radical (unpaired) electrons. The van der Waals surface area contributed by atoms with Crippen molar-refractivity contribution in [1.29, 1.82) is 0 Å².